The van der Waals surface area contributed by atoms with Crippen LogP contribution in [0, 0.1) is 32.1 Å². The van der Waals surface area contributed by atoms with E-state index in [9.17, 15) is 19.6 Å². The Morgan fingerprint density at radius 1 is 1.15 bits per heavy atom. The van der Waals surface area contributed by atoms with Crippen molar-refractivity contribution in [2.75, 3.05) is 0 Å². The third-order valence-corrected chi connectivity index (χ3v) is 5.41. The molecule has 0 atom stereocenters. The van der Waals surface area contributed by atoms with Crippen molar-refractivity contribution in [1.82, 2.24) is 20.2 Å². The highest BCUT2D eigenvalue weighted by Crippen LogP contribution is 2.14. The zero-order valence-electron chi connectivity index (χ0n) is 18.7. The van der Waals surface area contributed by atoms with Crippen molar-refractivity contribution in [2.24, 2.45) is 5.10 Å². The first kappa shape index (κ1) is 22.4. The number of aromatic amines is 1. The summed E-state index contributed by atoms with van der Waals surface area (Å²) >= 11 is 0. The number of aromatic nitrogens is 3. The Bertz CT molecular complexity index is 1640. The summed E-state index contributed by atoms with van der Waals surface area (Å²) in [5.74, 6) is -0.722. The number of carbonyl (C=O) groups is 1. The topological polar surface area (TPSA) is 133 Å². The predicted octanol–water partition coefficient (Wildman–Crippen LogP) is 2.63. The van der Waals surface area contributed by atoms with Gasteiger partial charge in [0.15, 0.2) is 5.69 Å². The number of para-hydroxylation sites is 1. The fourth-order valence-corrected chi connectivity index (χ4v) is 3.57. The van der Waals surface area contributed by atoms with E-state index in [1.54, 1.807) is 37.3 Å². The molecule has 0 unspecified atom stereocenters. The van der Waals surface area contributed by atoms with E-state index in [2.05, 4.69) is 20.6 Å². The lowest BCUT2D eigenvalue weighted by atomic mass is 10.1. The number of hydrazone groups is 1. The van der Waals surface area contributed by atoms with E-state index in [4.69, 9.17) is 0 Å². The molecule has 9 nitrogen and oxygen atoms in total. The first-order valence-electron chi connectivity index (χ1n) is 10.4. The van der Waals surface area contributed by atoms with Gasteiger partial charge in [0.05, 0.1) is 17.5 Å². The molecule has 0 aliphatic carbocycles. The van der Waals surface area contributed by atoms with E-state index in [1.165, 1.54) is 13.1 Å². The minimum atomic E-state index is -0.722. The number of nitriles is 1. The van der Waals surface area contributed by atoms with Gasteiger partial charge >= 0.3 is 0 Å². The largest absolute Gasteiger partial charge is 0.321 e. The minimum absolute atomic E-state index is 0.125. The number of hydrogen-bond donors (Lipinski definition) is 2. The normalized spacial score (nSPS) is 11.0. The van der Waals surface area contributed by atoms with Gasteiger partial charge in [0.25, 0.3) is 17.0 Å². The van der Waals surface area contributed by atoms with Gasteiger partial charge in [0.2, 0.25) is 0 Å². The molecule has 2 heterocycles. The molecule has 0 spiro atoms. The van der Waals surface area contributed by atoms with Crippen LogP contribution in [-0.2, 0) is 0 Å². The Hall–Kier alpha value is -4.84. The molecule has 0 aliphatic rings. The number of benzene rings is 2. The van der Waals surface area contributed by atoms with Crippen LogP contribution in [0.1, 0.15) is 38.3 Å². The molecule has 4 aromatic rings. The number of hydrogen-bond acceptors (Lipinski definition) is 6. The van der Waals surface area contributed by atoms with Crippen LogP contribution in [0.5, 0.6) is 0 Å². The Kier molecular flexibility index (Phi) is 5.89. The lowest BCUT2D eigenvalue weighted by Crippen LogP contribution is -2.31. The highest BCUT2D eigenvalue weighted by atomic mass is 16.2. The van der Waals surface area contributed by atoms with Crippen molar-refractivity contribution in [3.05, 3.63) is 103 Å². The number of H-pyrrole nitrogens is 1. The summed E-state index contributed by atoms with van der Waals surface area (Å²) in [4.78, 5) is 40.7. The molecule has 4 rings (SSSR count). The van der Waals surface area contributed by atoms with E-state index < -0.39 is 11.5 Å². The van der Waals surface area contributed by atoms with E-state index >= 15 is 0 Å². The van der Waals surface area contributed by atoms with E-state index in [-0.39, 0.29) is 27.9 Å². The number of nitrogens with zero attached hydrogens (tertiary/aromatic N) is 4. The third kappa shape index (κ3) is 4.12. The maximum atomic E-state index is 12.8. The first-order valence-corrected chi connectivity index (χ1v) is 10.4. The summed E-state index contributed by atoms with van der Waals surface area (Å²) in [6.07, 6.45) is 1.23. The average molecular weight is 452 g/mol. The fraction of sp³-hybridized carbons (Fsp3) is 0.120. The molecule has 0 aliphatic heterocycles. The van der Waals surface area contributed by atoms with Crippen LogP contribution < -0.4 is 16.5 Å². The van der Waals surface area contributed by atoms with Crippen LogP contribution in [0.2, 0.25) is 0 Å². The van der Waals surface area contributed by atoms with Gasteiger partial charge in [0.1, 0.15) is 11.6 Å². The molecule has 0 radical (unpaired) electrons. The standard InChI is InChI=1S/C25H20N6O3/c1-14-8-9-20-17(10-14)11-18(23(32)28-20)13-27-29-24(33)22-16(3)19(12-26)25(34)31(30-22)21-7-5-4-6-15(21)2/h4-11,13H,1-3H3,(H,28,32)(H,29,33)/b27-13+. The van der Waals surface area contributed by atoms with Crippen molar-refractivity contribution in [2.45, 2.75) is 20.8 Å². The van der Waals surface area contributed by atoms with Crippen molar-refractivity contribution >= 4 is 23.0 Å². The summed E-state index contributed by atoms with van der Waals surface area (Å²) < 4.78 is 1.04. The molecule has 0 fully saturated rings. The predicted molar refractivity (Wildman–Crippen MR) is 128 cm³/mol. The molecule has 2 N–H and O–H groups in total. The van der Waals surface area contributed by atoms with E-state index in [0.29, 0.717) is 11.2 Å². The van der Waals surface area contributed by atoms with Crippen LogP contribution in [0.3, 0.4) is 0 Å². The number of rotatable bonds is 4. The zero-order chi connectivity index (χ0) is 24.4. The second-order valence-electron chi connectivity index (χ2n) is 7.81. The van der Waals surface area contributed by atoms with Crippen molar-refractivity contribution in [1.29, 1.82) is 5.26 Å². The molecule has 34 heavy (non-hydrogen) atoms. The van der Waals surface area contributed by atoms with E-state index in [0.717, 1.165) is 21.2 Å². The Morgan fingerprint density at radius 3 is 2.65 bits per heavy atom. The summed E-state index contributed by atoms with van der Waals surface area (Å²) in [5.41, 5.74) is 4.38. The highest BCUT2D eigenvalue weighted by Gasteiger charge is 2.20. The van der Waals surface area contributed by atoms with Crippen LogP contribution in [0.25, 0.3) is 16.6 Å². The van der Waals surface area contributed by atoms with Gasteiger partial charge < -0.3 is 4.98 Å². The van der Waals surface area contributed by atoms with Gasteiger partial charge in [0, 0.05) is 11.1 Å². The fourth-order valence-electron chi connectivity index (χ4n) is 3.57. The smallest absolute Gasteiger partial charge is 0.292 e. The maximum Gasteiger partial charge on any atom is 0.292 e. The molecule has 0 bridgehead atoms. The average Bonchev–Trinajstić information content (AvgIpc) is 2.81. The summed E-state index contributed by atoms with van der Waals surface area (Å²) in [6, 6.07) is 16.2. The highest BCUT2D eigenvalue weighted by molar-refractivity contribution is 5.95. The Balaban J connectivity index is 1.69. The van der Waals surface area contributed by atoms with Crippen molar-refractivity contribution < 1.29 is 4.79 Å². The van der Waals surface area contributed by atoms with E-state index in [1.807, 2.05) is 31.2 Å². The minimum Gasteiger partial charge on any atom is -0.321 e. The van der Waals surface area contributed by atoms with Gasteiger partial charge in [-0.15, -0.1) is 0 Å². The lowest BCUT2D eigenvalue weighted by molar-refractivity contribution is 0.0947. The number of aryl methyl sites for hydroxylation is 2. The van der Waals surface area contributed by atoms with Gasteiger partial charge in [-0.3, -0.25) is 14.4 Å². The molecule has 1 amide bonds. The number of carbonyl (C=O) groups excluding carboxylic acids is 1. The van der Waals surface area contributed by atoms with Gasteiger partial charge in [-0.25, -0.2) is 5.43 Å². The van der Waals surface area contributed by atoms with Gasteiger partial charge in [-0.2, -0.15) is 20.1 Å². The zero-order valence-corrected chi connectivity index (χ0v) is 18.7. The molecule has 9 heteroatoms. The second kappa shape index (κ2) is 8.96. The van der Waals surface area contributed by atoms with Gasteiger partial charge in [-0.1, -0.05) is 29.8 Å². The first-order chi connectivity index (χ1) is 16.3. The molecular formula is C25H20N6O3. The molecule has 2 aromatic heterocycles. The van der Waals surface area contributed by atoms with Gasteiger partial charge in [-0.05, 0) is 56.0 Å². The quantitative estimate of drug-likeness (QED) is 0.363. The number of pyridine rings is 1. The SMILES string of the molecule is Cc1ccc2[nH]c(=O)c(/C=N/NC(=O)c3nn(-c4ccccc4C)c(=O)c(C#N)c3C)cc2c1. The maximum absolute atomic E-state index is 12.8. The molecule has 0 saturated carbocycles. The van der Waals surface area contributed by atoms with Crippen LogP contribution >= 0.6 is 0 Å². The third-order valence-electron chi connectivity index (χ3n) is 5.41. The molecule has 2 aromatic carbocycles. The molecular weight excluding hydrogens is 432 g/mol. The summed E-state index contributed by atoms with van der Waals surface area (Å²) in [7, 11) is 0. The van der Waals surface area contributed by atoms with Crippen molar-refractivity contribution in [3.63, 3.8) is 0 Å². The number of amides is 1. The van der Waals surface area contributed by atoms with Crippen LogP contribution in [0.4, 0.5) is 0 Å². The Morgan fingerprint density at radius 2 is 1.91 bits per heavy atom. The summed E-state index contributed by atoms with van der Waals surface area (Å²) in [5, 5.41) is 18.4. The Labute approximate surface area is 194 Å². The van der Waals surface area contributed by atoms with Crippen LogP contribution in [-0.4, -0.2) is 26.9 Å². The number of fused-ring (bicyclic) bond motifs is 1. The van der Waals surface area contributed by atoms with Crippen LogP contribution in [0.15, 0.2) is 63.2 Å². The monoisotopic (exact) mass is 452 g/mol. The second-order valence-corrected chi connectivity index (χ2v) is 7.81. The molecule has 0 saturated heterocycles. The summed E-state index contributed by atoms with van der Waals surface area (Å²) in [6.45, 7) is 5.21. The van der Waals surface area contributed by atoms with Crippen molar-refractivity contribution in [3.8, 4) is 11.8 Å². The molecule has 168 valence electrons. The lowest BCUT2D eigenvalue weighted by Gasteiger charge is -2.12. The number of nitrogens with one attached hydrogen (secondary N) is 2.